The number of aryl methyl sites for hydroxylation is 2. The zero-order valence-electron chi connectivity index (χ0n) is 10.3. The molecule has 3 nitrogen and oxygen atoms in total. The van der Waals surface area contributed by atoms with Gasteiger partial charge >= 0.3 is 0 Å². The molecule has 18 heavy (non-hydrogen) atoms. The largest absolute Gasteiger partial charge is 0.372 e. The maximum Gasteiger partial charge on any atom is 0.157 e. The minimum absolute atomic E-state index is 0.341. The van der Waals surface area contributed by atoms with E-state index in [-0.39, 0.29) is 0 Å². The Balaban J connectivity index is 2.24. The van der Waals surface area contributed by atoms with E-state index in [9.17, 15) is 0 Å². The summed E-state index contributed by atoms with van der Waals surface area (Å²) in [7, 11) is 0. The van der Waals surface area contributed by atoms with Crippen LogP contribution < -0.4 is 0 Å². The lowest BCUT2D eigenvalue weighted by Crippen LogP contribution is -2.00. The molecule has 0 spiro atoms. The molecule has 0 N–H and O–H groups in total. The van der Waals surface area contributed by atoms with Gasteiger partial charge in [-0.2, -0.15) is 0 Å². The maximum atomic E-state index is 6.19. The van der Waals surface area contributed by atoms with E-state index in [0.717, 1.165) is 15.8 Å². The molecule has 0 saturated heterocycles. The van der Waals surface area contributed by atoms with Gasteiger partial charge in [-0.25, -0.2) is 9.97 Å². The molecule has 0 saturated carbocycles. The van der Waals surface area contributed by atoms with Crippen LogP contribution in [-0.4, -0.2) is 16.6 Å². The summed E-state index contributed by atoms with van der Waals surface area (Å²) in [6.07, 6.45) is 5.74. The summed E-state index contributed by atoms with van der Waals surface area (Å²) < 4.78 is 5.38. The van der Waals surface area contributed by atoms with E-state index in [1.54, 1.807) is 11.3 Å². The van der Waals surface area contributed by atoms with Gasteiger partial charge in [0.05, 0.1) is 12.0 Å². The highest BCUT2D eigenvalue weighted by Crippen LogP contribution is 2.32. The van der Waals surface area contributed by atoms with Crippen molar-refractivity contribution in [1.82, 2.24) is 9.97 Å². The zero-order chi connectivity index (χ0) is 13.1. The third-order valence-electron chi connectivity index (χ3n) is 2.65. The molecule has 5 heteroatoms. The first-order valence-electron chi connectivity index (χ1n) is 5.56. The fourth-order valence-electron chi connectivity index (χ4n) is 1.60. The molecule has 2 aromatic heterocycles. The van der Waals surface area contributed by atoms with Crippen molar-refractivity contribution in [3.8, 4) is 12.3 Å². The van der Waals surface area contributed by atoms with Gasteiger partial charge in [-0.15, -0.1) is 23.7 Å². The Morgan fingerprint density at radius 2 is 2.17 bits per heavy atom. The molecule has 2 aromatic rings. The third-order valence-corrected chi connectivity index (χ3v) is 4.03. The third kappa shape index (κ3) is 2.64. The summed E-state index contributed by atoms with van der Waals surface area (Å²) in [4.78, 5) is 10.9. The number of hydrogen-bond donors (Lipinski definition) is 0. The van der Waals surface area contributed by atoms with E-state index < -0.39 is 0 Å². The number of ether oxygens (including phenoxy) is 1. The molecular formula is C13H13ClN2OS. The standard InChI is InChI=1S/C13H13ClN2OS/c1-4-5-6-17-7-10-15-12(14)11-8(2)9(3)18-13(11)16-10/h1H,5-7H2,2-3H3. The molecule has 0 radical (unpaired) electrons. The van der Waals surface area contributed by atoms with Gasteiger partial charge in [-0.1, -0.05) is 11.6 Å². The quantitative estimate of drug-likeness (QED) is 0.488. The molecular weight excluding hydrogens is 268 g/mol. The minimum atomic E-state index is 0.341. The van der Waals surface area contributed by atoms with Crippen LogP contribution in [-0.2, 0) is 11.3 Å². The molecule has 94 valence electrons. The van der Waals surface area contributed by atoms with Crippen LogP contribution in [0.2, 0.25) is 5.15 Å². The number of hydrogen-bond acceptors (Lipinski definition) is 4. The fourth-order valence-corrected chi connectivity index (χ4v) is 3.03. The lowest BCUT2D eigenvalue weighted by atomic mass is 10.2. The van der Waals surface area contributed by atoms with Crippen molar-refractivity contribution in [2.75, 3.05) is 6.61 Å². The smallest absolute Gasteiger partial charge is 0.157 e. The number of terminal acetylenes is 1. The average molecular weight is 281 g/mol. The van der Waals surface area contributed by atoms with Crippen LogP contribution in [0, 0.1) is 26.2 Å². The van der Waals surface area contributed by atoms with E-state index in [1.165, 1.54) is 4.88 Å². The molecule has 0 bridgehead atoms. The Morgan fingerprint density at radius 1 is 1.39 bits per heavy atom. The normalized spacial score (nSPS) is 10.8. The lowest BCUT2D eigenvalue weighted by Gasteiger charge is -2.02. The monoisotopic (exact) mass is 280 g/mol. The highest BCUT2D eigenvalue weighted by Gasteiger charge is 2.12. The first-order valence-corrected chi connectivity index (χ1v) is 6.76. The Hall–Kier alpha value is -1.15. The molecule has 2 heterocycles. The van der Waals surface area contributed by atoms with Crippen LogP contribution >= 0.6 is 22.9 Å². The number of halogens is 1. The van der Waals surface area contributed by atoms with Crippen LogP contribution in [0.15, 0.2) is 0 Å². The van der Waals surface area contributed by atoms with Gasteiger partial charge in [-0.05, 0) is 19.4 Å². The highest BCUT2D eigenvalue weighted by atomic mass is 35.5. The van der Waals surface area contributed by atoms with Gasteiger partial charge < -0.3 is 4.74 Å². The van der Waals surface area contributed by atoms with E-state index in [4.69, 9.17) is 22.8 Å². The van der Waals surface area contributed by atoms with Crippen molar-refractivity contribution in [3.05, 3.63) is 21.4 Å². The molecule has 2 rings (SSSR count). The number of thiophene rings is 1. The Labute approximate surface area is 115 Å². The van der Waals surface area contributed by atoms with Crippen molar-refractivity contribution < 1.29 is 4.74 Å². The van der Waals surface area contributed by atoms with Crippen molar-refractivity contribution in [1.29, 1.82) is 0 Å². The van der Waals surface area contributed by atoms with Gasteiger partial charge in [-0.3, -0.25) is 0 Å². The lowest BCUT2D eigenvalue weighted by molar-refractivity contribution is 0.121. The van der Waals surface area contributed by atoms with E-state index in [2.05, 4.69) is 22.8 Å². The highest BCUT2D eigenvalue weighted by molar-refractivity contribution is 7.18. The van der Waals surface area contributed by atoms with Gasteiger partial charge in [0.2, 0.25) is 0 Å². The van der Waals surface area contributed by atoms with Crippen LogP contribution in [0.5, 0.6) is 0 Å². The Bertz CT molecular complexity index is 615. The zero-order valence-corrected chi connectivity index (χ0v) is 11.9. The summed E-state index contributed by atoms with van der Waals surface area (Å²) in [5, 5.41) is 1.45. The Morgan fingerprint density at radius 3 is 2.89 bits per heavy atom. The van der Waals surface area contributed by atoms with Gasteiger partial charge in [0.25, 0.3) is 0 Å². The topological polar surface area (TPSA) is 35.0 Å². The predicted octanol–water partition coefficient (Wildman–Crippen LogP) is 3.50. The summed E-state index contributed by atoms with van der Waals surface area (Å²) in [5.74, 6) is 3.12. The molecule has 0 aromatic carbocycles. The van der Waals surface area contributed by atoms with Crippen molar-refractivity contribution in [2.24, 2.45) is 0 Å². The van der Waals surface area contributed by atoms with E-state index in [1.807, 2.05) is 6.92 Å². The summed E-state index contributed by atoms with van der Waals surface area (Å²) in [6, 6.07) is 0. The average Bonchev–Trinajstić information content (AvgIpc) is 2.61. The second-order valence-corrected chi connectivity index (χ2v) is 5.46. The maximum absolute atomic E-state index is 6.19. The molecule has 0 aliphatic heterocycles. The predicted molar refractivity (Wildman–Crippen MR) is 75.0 cm³/mol. The summed E-state index contributed by atoms with van der Waals surface area (Å²) in [6.45, 7) is 4.94. The number of aromatic nitrogens is 2. The molecule has 0 aliphatic carbocycles. The summed E-state index contributed by atoms with van der Waals surface area (Å²) >= 11 is 7.82. The Kier molecular flexibility index (Phi) is 4.18. The number of rotatable bonds is 4. The second kappa shape index (κ2) is 5.66. The molecule has 0 aliphatic rings. The van der Waals surface area contributed by atoms with Crippen LogP contribution in [0.4, 0.5) is 0 Å². The minimum Gasteiger partial charge on any atom is -0.372 e. The first kappa shape index (κ1) is 13.3. The van der Waals surface area contributed by atoms with Crippen LogP contribution in [0.1, 0.15) is 22.7 Å². The van der Waals surface area contributed by atoms with E-state index in [0.29, 0.717) is 30.6 Å². The van der Waals surface area contributed by atoms with E-state index >= 15 is 0 Å². The number of fused-ring (bicyclic) bond motifs is 1. The fraction of sp³-hybridized carbons (Fsp3) is 0.385. The van der Waals surface area contributed by atoms with Crippen molar-refractivity contribution in [2.45, 2.75) is 26.9 Å². The SMILES string of the molecule is C#CCCOCc1nc(Cl)c2c(C)c(C)sc2n1. The van der Waals surface area contributed by atoms with Crippen LogP contribution in [0.25, 0.3) is 10.2 Å². The molecule has 0 atom stereocenters. The molecule has 0 unspecified atom stereocenters. The summed E-state index contributed by atoms with van der Waals surface area (Å²) in [5.41, 5.74) is 1.15. The van der Waals surface area contributed by atoms with Crippen molar-refractivity contribution >= 4 is 33.2 Å². The van der Waals surface area contributed by atoms with Crippen molar-refractivity contribution in [3.63, 3.8) is 0 Å². The first-order chi connectivity index (χ1) is 8.63. The molecule has 0 amide bonds. The second-order valence-electron chi connectivity index (χ2n) is 3.90. The van der Waals surface area contributed by atoms with Gasteiger partial charge in [0.1, 0.15) is 16.6 Å². The van der Waals surface area contributed by atoms with Gasteiger partial charge in [0, 0.05) is 11.3 Å². The van der Waals surface area contributed by atoms with Gasteiger partial charge in [0.15, 0.2) is 5.82 Å². The molecule has 0 fully saturated rings. The number of nitrogens with zero attached hydrogens (tertiary/aromatic N) is 2. The van der Waals surface area contributed by atoms with Crippen LogP contribution in [0.3, 0.4) is 0 Å².